The SMILES string of the molecule is Cc1cc(/C=N\NC(=O)CN(c2cc(Cl)ccc2Cl)S(C)(=O)=O)c(C)n1-c1ccccc1. The van der Waals surface area contributed by atoms with Gasteiger partial charge in [-0.3, -0.25) is 9.10 Å². The van der Waals surface area contributed by atoms with Gasteiger partial charge in [-0.05, 0) is 50.2 Å². The van der Waals surface area contributed by atoms with Gasteiger partial charge in [-0.1, -0.05) is 41.4 Å². The van der Waals surface area contributed by atoms with Crippen LogP contribution in [0.2, 0.25) is 10.0 Å². The van der Waals surface area contributed by atoms with Gasteiger partial charge in [-0.25, -0.2) is 13.8 Å². The first-order valence-corrected chi connectivity index (χ1v) is 12.2. The molecule has 1 aromatic heterocycles. The minimum atomic E-state index is -3.79. The summed E-state index contributed by atoms with van der Waals surface area (Å²) in [6.07, 6.45) is 2.51. The lowest BCUT2D eigenvalue weighted by molar-refractivity contribution is -0.119. The number of halogens is 2. The number of rotatable bonds is 7. The molecule has 0 aliphatic rings. The normalized spacial score (nSPS) is 11.7. The number of hydrazone groups is 1. The fraction of sp³-hybridized carbons (Fsp3) is 0.182. The van der Waals surface area contributed by atoms with Crippen LogP contribution in [0.4, 0.5) is 5.69 Å². The van der Waals surface area contributed by atoms with Crippen LogP contribution in [0.3, 0.4) is 0 Å². The van der Waals surface area contributed by atoms with Crippen molar-refractivity contribution >= 4 is 51.0 Å². The predicted octanol–water partition coefficient (Wildman–Crippen LogP) is 4.32. The van der Waals surface area contributed by atoms with E-state index in [-0.39, 0.29) is 10.7 Å². The van der Waals surface area contributed by atoms with Crippen molar-refractivity contribution in [2.45, 2.75) is 13.8 Å². The monoisotopic (exact) mass is 492 g/mol. The summed E-state index contributed by atoms with van der Waals surface area (Å²) in [7, 11) is -3.79. The van der Waals surface area contributed by atoms with Crippen LogP contribution in [-0.2, 0) is 14.8 Å². The first kappa shape index (κ1) is 23.8. The second kappa shape index (κ2) is 9.77. The number of aryl methyl sites for hydroxylation is 1. The Morgan fingerprint density at radius 1 is 1.12 bits per heavy atom. The van der Waals surface area contributed by atoms with E-state index in [2.05, 4.69) is 15.1 Å². The first-order valence-electron chi connectivity index (χ1n) is 9.57. The number of aromatic nitrogens is 1. The highest BCUT2D eigenvalue weighted by Crippen LogP contribution is 2.30. The maximum absolute atomic E-state index is 12.4. The molecule has 3 aromatic rings. The number of nitrogens with one attached hydrogen (secondary N) is 1. The zero-order valence-corrected chi connectivity index (χ0v) is 20.0. The van der Waals surface area contributed by atoms with E-state index in [4.69, 9.17) is 23.2 Å². The van der Waals surface area contributed by atoms with E-state index in [1.54, 1.807) is 0 Å². The molecule has 0 unspecified atom stereocenters. The molecule has 10 heteroatoms. The number of anilines is 1. The lowest BCUT2D eigenvalue weighted by Gasteiger charge is -2.22. The number of sulfonamides is 1. The van der Waals surface area contributed by atoms with Crippen LogP contribution in [0.25, 0.3) is 5.69 Å². The number of carbonyl (C=O) groups is 1. The van der Waals surface area contributed by atoms with Crippen molar-refractivity contribution in [2.75, 3.05) is 17.1 Å². The highest BCUT2D eigenvalue weighted by Gasteiger charge is 2.23. The molecule has 2 aromatic carbocycles. The van der Waals surface area contributed by atoms with Crippen LogP contribution in [0.15, 0.2) is 59.7 Å². The number of hydrogen-bond donors (Lipinski definition) is 1. The highest BCUT2D eigenvalue weighted by atomic mass is 35.5. The highest BCUT2D eigenvalue weighted by molar-refractivity contribution is 7.92. The molecular weight excluding hydrogens is 471 g/mol. The molecule has 0 fully saturated rings. The number of amides is 1. The van der Waals surface area contributed by atoms with Crippen LogP contribution in [0, 0.1) is 13.8 Å². The van der Waals surface area contributed by atoms with Gasteiger partial charge in [-0.15, -0.1) is 0 Å². The van der Waals surface area contributed by atoms with E-state index < -0.39 is 22.5 Å². The van der Waals surface area contributed by atoms with Crippen molar-refractivity contribution in [2.24, 2.45) is 5.10 Å². The molecule has 168 valence electrons. The minimum Gasteiger partial charge on any atom is -0.318 e. The Hall–Kier alpha value is -2.81. The van der Waals surface area contributed by atoms with Crippen LogP contribution >= 0.6 is 23.2 Å². The van der Waals surface area contributed by atoms with Gasteiger partial charge in [0.15, 0.2) is 0 Å². The molecule has 3 rings (SSSR count). The van der Waals surface area contributed by atoms with Gasteiger partial charge in [-0.2, -0.15) is 5.10 Å². The van der Waals surface area contributed by atoms with E-state index in [9.17, 15) is 13.2 Å². The van der Waals surface area contributed by atoms with Crippen LogP contribution in [0.1, 0.15) is 17.0 Å². The molecule has 7 nitrogen and oxygen atoms in total. The Bertz CT molecular complexity index is 1270. The third-order valence-corrected chi connectivity index (χ3v) is 6.42. The van der Waals surface area contributed by atoms with Gasteiger partial charge in [0.1, 0.15) is 6.54 Å². The molecule has 0 bridgehead atoms. The smallest absolute Gasteiger partial charge is 0.260 e. The van der Waals surface area contributed by atoms with Crippen molar-refractivity contribution < 1.29 is 13.2 Å². The largest absolute Gasteiger partial charge is 0.318 e. The standard InChI is InChI=1S/C22H22Cl2N4O3S/c1-15-11-17(16(2)28(15)19-7-5-4-6-8-19)13-25-26-22(29)14-27(32(3,30)31)21-12-18(23)9-10-20(21)24/h4-13H,14H2,1-3H3,(H,26,29)/b25-13-. The van der Waals surface area contributed by atoms with Gasteiger partial charge >= 0.3 is 0 Å². The van der Waals surface area contributed by atoms with Gasteiger partial charge in [0.2, 0.25) is 10.0 Å². The lowest BCUT2D eigenvalue weighted by atomic mass is 10.2. The quantitative estimate of drug-likeness (QED) is 0.393. The topological polar surface area (TPSA) is 83.8 Å². The zero-order chi connectivity index (χ0) is 23.5. The van der Waals surface area contributed by atoms with E-state index in [0.29, 0.717) is 5.02 Å². The minimum absolute atomic E-state index is 0.118. The third kappa shape index (κ3) is 5.51. The fourth-order valence-electron chi connectivity index (χ4n) is 3.29. The van der Waals surface area contributed by atoms with Crippen molar-refractivity contribution in [1.82, 2.24) is 9.99 Å². The summed E-state index contributed by atoms with van der Waals surface area (Å²) in [5.41, 5.74) is 6.30. The number of benzene rings is 2. The molecule has 1 amide bonds. The van der Waals surface area contributed by atoms with E-state index in [1.165, 1.54) is 24.4 Å². The van der Waals surface area contributed by atoms with Crippen LogP contribution < -0.4 is 9.73 Å². The van der Waals surface area contributed by atoms with Gasteiger partial charge < -0.3 is 4.57 Å². The Morgan fingerprint density at radius 2 is 1.81 bits per heavy atom. The van der Waals surface area contributed by atoms with Crippen molar-refractivity contribution in [3.63, 3.8) is 0 Å². The molecule has 0 aliphatic heterocycles. The van der Waals surface area contributed by atoms with Gasteiger partial charge in [0.25, 0.3) is 5.91 Å². The predicted molar refractivity (Wildman–Crippen MR) is 130 cm³/mol. The number of nitrogens with zero attached hydrogens (tertiary/aromatic N) is 3. The molecule has 0 saturated heterocycles. The Kier molecular flexibility index (Phi) is 7.28. The molecule has 0 saturated carbocycles. The second-order valence-corrected chi connectivity index (χ2v) is 9.91. The maximum Gasteiger partial charge on any atom is 0.260 e. The summed E-state index contributed by atoms with van der Waals surface area (Å²) in [5, 5.41) is 4.45. The summed E-state index contributed by atoms with van der Waals surface area (Å²) in [6, 6.07) is 16.2. The zero-order valence-electron chi connectivity index (χ0n) is 17.7. The molecule has 1 N–H and O–H groups in total. The summed E-state index contributed by atoms with van der Waals surface area (Å²) in [5.74, 6) is -0.625. The van der Waals surface area contributed by atoms with Gasteiger partial charge in [0, 0.05) is 27.7 Å². The maximum atomic E-state index is 12.4. The fourth-order valence-corrected chi connectivity index (χ4v) is 4.59. The molecule has 32 heavy (non-hydrogen) atoms. The Morgan fingerprint density at radius 3 is 2.47 bits per heavy atom. The molecule has 1 heterocycles. The van der Waals surface area contributed by atoms with E-state index in [0.717, 1.165) is 33.2 Å². The third-order valence-electron chi connectivity index (χ3n) is 4.74. The summed E-state index contributed by atoms with van der Waals surface area (Å²) < 4.78 is 27.5. The number of para-hydroxylation sites is 1. The van der Waals surface area contributed by atoms with Crippen LogP contribution in [-0.4, -0.2) is 37.9 Å². The first-order chi connectivity index (χ1) is 15.1. The summed E-state index contributed by atoms with van der Waals surface area (Å²) in [4.78, 5) is 12.4. The Balaban J connectivity index is 1.76. The lowest BCUT2D eigenvalue weighted by Crippen LogP contribution is -2.39. The van der Waals surface area contributed by atoms with E-state index in [1.807, 2.05) is 50.2 Å². The van der Waals surface area contributed by atoms with Crippen LogP contribution in [0.5, 0.6) is 0 Å². The van der Waals surface area contributed by atoms with Crippen molar-refractivity contribution in [1.29, 1.82) is 0 Å². The molecular formula is C22H22Cl2N4O3S. The average Bonchev–Trinajstić information content (AvgIpc) is 3.01. The molecule has 0 spiro atoms. The number of hydrogen-bond acceptors (Lipinski definition) is 4. The number of carbonyl (C=O) groups excluding carboxylic acids is 1. The van der Waals surface area contributed by atoms with Crippen molar-refractivity contribution in [3.8, 4) is 5.69 Å². The van der Waals surface area contributed by atoms with Crippen molar-refractivity contribution in [3.05, 3.63) is 81.6 Å². The molecule has 0 radical (unpaired) electrons. The Labute approximate surface area is 197 Å². The summed E-state index contributed by atoms with van der Waals surface area (Å²) >= 11 is 12.1. The molecule has 0 aliphatic carbocycles. The molecule has 0 atom stereocenters. The average molecular weight is 493 g/mol. The van der Waals surface area contributed by atoms with Gasteiger partial charge in [0.05, 0.1) is 23.2 Å². The second-order valence-electron chi connectivity index (χ2n) is 7.16. The van der Waals surface area contributed by atoms with E-state index >= 15 is 0 Å². The summed E-state index contributed by atoms with van der Waals surface area (Å²) in [6.45, 7) is 3.43.